The average molecular weight is 442 g/mol. The van der Waals surface area contributed by atoms with Gasteiger partial charge in [0.15, 0.2) is 0 Å². The summed E-state index contributed by atoms with van der Waals surface area (Å²) in [5, 5.41) is 12.4. The van der Waals surface area contributed by atoms with Crippen LogP contribution in [0.1, 0.15) is 36.3 Å². The second-order valence-electron chi connectivity index (χ2n) is 7.86. The van der Waals surface area contributed by atoms with Crippen molar-refractivity contribution >= 4 is 23.8 Å². The summed E-state index contributed by atoms with van der Waals surface area (Å²) in [6.45, 7) is 1.68. The molecule has 0 saturated carbocycles. The number of aliphatic carboxylic acids is 1. The highest BCUT2D eigenvalue weighted by Crippen LogP contribution is 2.44. The van der Waals surface area contributed by atoms with Crippen LogP contribution in [0, 0.1) is 0 Å². The molecule has 1 saturated heterocycles. The largest absolute Gasteiger partial charge is 0.480 e. The van der Waals surface area contributed by atoms with Gasteiger partial charge in [-0.3, -0.25) is 0 Å². The maximum absolute atomic E-state index is 12.4. The Labute approximate surface area is 186 Å². The average Bonchev–Trinajstić information content (AvgIpc) is 3.11. The van der Waals surface area contributed by atoms with Crippen molar-refractivity contribution in [2.75, 3.05) is 25.6 Å². The van der Waals surface area contributed by atoms with Gasteiger partial charge in [-0.1, -0.05) is 48.5 Å². The molecule has 2 aromatic rings. The summed E-state index contributed by atoms with van der Waals surface area (Å²) in [5.41, 5.74) is 4.55. The summed E-state index contributed by atoms with van der Waals surface area (Å²) in [7, 11) is 0. The Kier molecular flexibility index (Phi) is 7.14. The summed E-state index contributed by atoms with van der Waals surface area (Å²) in [5.74, 6) is -0.452. The van der Waals surface area contributed by atoms with E-state index in [1.54, 1.807) is 11.8 Å². The van der Waals surface area contributed by atoms with E-state index in [0.717, 1.165) is 41.7 Å². The molecule has 1 fully saturated rings. The molecule has 6 nitrogen and oxygen atoms in total. The maximum atomic E-state index is 12.4. The van der Waals surface area contributed by atoms with E-state index in [0.29, 0.717) is 24.0 Å². The summed E-state index contributed by atoms with van der Waals surface area (Å²) >= 11 is 1.71. The van der Waals surface area contributed by atoms with Crippen molar-refractivity contribution in [2.45, 2.75) is 36.5 Å². The Balaban J connectivity index is 1.31. The molecule has 0 radical (unpaired) electrons. The van der Waals surface area contributed by atoms with Crippen LogP contribution in [0.15, 0.2) is 48.5 Å². The lowest BCUT2D eigenvalue weighted by atomic mass is 9.98. The van der Waals surface area contributed by atoms with Crippen LogP contribution in [0.2, 0.25) is 0 Å². The molecule has 31 heavy (non-hydrogen) atoms. The van der Waals surface area contributed by atoms with E-state index in [-0.39, 0.29) is 12.5 Å². The number of amides is 1. The summed E-state index contributed by atoms with van der Waals surface area (Å²) in [6.07, 6.45) is 1.78. The lowest BCUT2D eigenvalue weighted by molar-refractivity contribution is -0.139. The van der Waals surface area contributed by atoms with E-state index in [1.807, 2.05) is 36.4 Å². The first-order valence-corrected chi connectivity index (χ1v) is 11.7. The molecule has 0 bridgehead atoms. The van der Waals surface area contributed by atoms with Crippen LogP contribution in [0.25, 0.3) is 11.1 Å². The molecule has 2 aliphatic rings. The maximum Gasteiger partial charge on any atom is 0.407 e. The summed E-state index contributed by atoms with van der Waals surface area (Å²) in [4.78, 5) is 24.0. The molecule has 0 aromatic heterocycles. The first-order chi connectivity index (χ1) is 15.1. The zero-order valence-electron chi connectivity index (χ0n) is 17.3. The zero-order valence-corrected chi connectivity index (χ0v) is 18.1. The summed E-state index contributed by atoms with van der Waals surface area (Å²) in [6, 6.07) is 15.2. The standard InChI is InChI=1S/C24H27NO5S/c26-23(27)22(11-13-31-16-6-5-12-29-14-16)25-24(28)30-15-21-19-9-3-1-7-17(19)18-8-2-4-10-20(18)21/h1-4,7-10,16,21-22H,5-6,11-15H2,(H,25,28)(H,26,27). The molecule has 1 heterocycles. The van der Waals surface area contributed by atoms with Crippen molar-refractivity contribution in [3.63, 3.8) is 0 Å². The minimum absolute atomic E-state index is 0.0525. The first-order valence-electron chi connectivity index (χ1n) is 10.7. The normalized spacial score (nSPS) is 18.6. The predicted molar refractivity (Wildman–Crippen MR) is 121 cm³/mol. The van der Waals surface area contributed by atoms with Crippen LogP contribution >= 0.6 is 11.8 Å². The smallest absolute Gasteiger partial charge is 0.407 e. The van der Waals surface area contributed by atoms with Gasteiger partial charge in [0.05, 0.1) is 6.61 Å². The fraction of sp³-hybridized carbons (Fsp3) is 0.417. The van der Waals surface area contributed by atoms with Crippen LogP contribution < -0.4 is 5.32 Å². The highest BCUT2D eigenvalue weighted by Gasteiger charge is 2.29. The number of ether oxygens (including phenoxy) is 2. The van der Waals surface area contributed by atoms with Crippen molar-refractivity contribution in [1.82, 2.24) is 5.32 Å². The van der Waals surface area contributed by atoms with Crippen LogP contribution in [0.3, 0.4) is 0 Å². The van der Waals surface area contributed by atoms with E-state index >= 15 is 0 Å². The van der Waals surface area contributed by atoms with Crippen LogP contribution in [-0.4, -0.2) is 54.0 Å². The Bertz CT molecular complexity index is 882. The Morgan fingerprint density at radius 2 is 1.81 bits per heavy atom. The van der Waals surface area contributed by atoms with Gasteiger partial charge in [-0.05, 0) is 47.3 Å². The molecule has 7 heteroatoms. The second-order valence-corrected chi connectivity index (χ2v) is 9.27. The topological polar surface area (TPSA) is 84.9 Å². The van der Waals surface area contributed by atoms with Crippen LogP contribution in [-0.2, 0) is 14.3 Å². The van der Waals surface area contributed by atoms with Gasteiger partial charge >= 0.3 is 12.1 Å². The van der Waals surface area contributed by atoms with E-state index in [2.05, 4.69) is 17.4 Å². The third kappa shape index (κ3) is 5.22. The van der Waals surface area contributed by atoms with Crippen LogP contribution in [0.4, 0.5) is 4.79 Å². The Morgan fingerprint density at radius 1 is 1.13 bits per heavy atom. The highest BCUT2D eigenvalue weighted by atomic mass is 32.2. The van der Waals surface area contributed by atoms with Crippen molar-refractivity contribution in [1.29, 1.82) is 0 Å². The first kappa shape index (κ1) is 21.7. The Morgan fingerprint density at radius 3 is 2.42 bits per heavy atom. The second kappa shape index (κ2) is 10.2. The van der Waals surface area contributed by atoms with Crippen LogP contribution in [0.5, 0.6) is 0 Å². The van der Waals surface area contributed by atoms with Gasteiger partial charge in [0, 0.05) is 17.8 Å². The summed E-state index contributed by atoms with van der Waals surface area (Å²) < 4.78 is 10.9. The lowest BCUT2D eigenvalue weighted by Gasteiger charge is -2.22. The van der Waals surface area contributed by atoms with Gasteiger partial charge in [-0.25, -0.2) is 9.59 Å². The quantitative estimate of drug-likeness (QED) is 0.636. The van der Waals surface area contributed by atoms with Gasteiger partial charge in [0.25, 0.3) is 0 Å². The zero-order chi connectivity index (χ0) is 21.6. The number of fused-ring (bicyclic) bond motifs is 3. The van der Waals surface area contributed by atoms with Crippen molar-refractivity contribution < 1.29 is 24.2 Å². The van der Waals surface area contributed by atoms with Gasteiger partial charge < -0.3 is 19.9 Å². The van der Waals surface area contributed by atoms with Gasteiger partial charge in [-0.2, -0.15) is 11.8 Å². The monoisotopic (exact) mass is 441 g/mol. The van der Waals surface area contributed by atoms with E-state index < -0.39 is 18.1 Å². The fourth-order valence-corrected chi connectivity index (χ4v) is 5.47. The molecule has 1 aliphatic heterocycles. The molecule has 164 valence electrons. The molecular weight excluding hydrogens is 414 g/mol. The SMILES string of the molecule is O=C(NC(CCSC1CCCOC1)C(=O)O)OCC1c2ccccc2-c2ccccc21. The third-order valence-corrected chi connectivity index (χ3v) is 7.13. The molecule has 2 unspecified atom stereocenters. The molecular formula is C24H27NO5S. The minimum Gasteiger partial charge on any atom is -0.480 e. The predicted octanol–water partition coefficient (Wildman–Crippen LogP) is 4.28. The van der Waals surface area contributed by atoms with Gasteiger partial charge in [0.1, 0.15) is 12.6 Å². The molecule has 2 N–H and O–H groups in total. The van der Waals surface area contributed by atoms with Crippen molar-refractivity contribution in [3.05, 3.63) is 59.7 Å². The lowest BCUT2D eigenvalue weighted by Crippen LogP contribution is -2.42. The van der Waals surface area contributed by atoms with E-state index in [1.165, 1.54) is 0 Å². The van der Waals surface area contributed by atoms with E-state index in [4.69, 9.17) is 9.47 Å². The number of alkyl carbamates (subject to hydrolysis) is 1. The number of rotatable bonds is 8. The molecule has 1 aliphatic carbocycles. The number of carboxylic acids is 1. The molecule has 2 atom stereocenters. The number of hydrogen-bond donors (Lipinski definition) is 2. The number of hydrogen-bond acceptors (Lipinski definition) is 5. The van der Waals surface area contributed by atoms with Crippen molar-refractivity contribution in [3.8, 4) is 11.1 Å². The number of carbonyl (C=O) groups is 2. The van der Waals surface area contributed by atoms with Gasteiger partial charge in [-0.15, -0.1) is 0 Å². The minimum atomic E-state index is -1.05. The fourth-order valence-electron chi connectivity index (χ4n) is 4.23. The number of carboxylic acid groups (broad SMARTS) is 1. The number of benzene rings is 2. The van der Waals surface area contributed by atoms with Gasteiger partial charge in [0.2, 0.25) is 0 Å². The number of nitrogens with one attached hydrogen (secondary N) is 1. The van der Waals surface area contributed by atoms with Crippen molar-refractivity contribution in [2.24, 2.45) is 0 Å². The number of carbonyl (C=O) groups excluding carboxylic acids is 1. The Hall–Kier alpha value is -2.51. The molecule has 1 amide bonds. The van der Waals surface area contributed by atoms with E-state index in [9.17, 15) is 14.7 Å². The molecule has 2 aromatic carbocycles. The highest BCUT2D eigenvalue weighted by molar-refractivity contribution is 7.99. The third-order valence-electron chi connectivity index (χ3n) is 5.81. The molecule has 4 rings (SSSR count). The number of thioether (sulfide) groups is 1. The molecule has 0 spiro atoms.